The lowest BCUT2D eigenvalue weighted by Crippen LogP contribution is -2.61. The summed E-state index contributed by atoms with van der Waals surface area (Å²) in [5.74, 6) is -6.03. The van der Waals surface area contributed by atoms with Gasteiger partial charge in [0.2, 0.25) is 0 Å². The summed E-state index contributed by atoms with van der Waals surface area (Å²) in [6.07, 6.45) is -18.7. The molecule has 0 bridgehead atoms. The molecular formula is C69H91NO22. The Labute approximate surface area is 538 Å². The number of carbonyl (C=O) groups excluding carboxylic acids is 6. The summed E-state index contributed by atoms with van der Waals surface area (Å²) < 4.78 is 92.7. The van der Waals surface area contributed by atoms with Gasteiger partial charge in [-0.3, -0.25) is 9.59 Å². The van der Waals surface area contributed by atoms with Crippen LogP contribution in [-0.4, -0.2) is 158 Å². The van der Waals surface area contributed by atoms with Crippen LogP contribution in [0.2, 0.25) is 0 Å². The fourth-order valence-corrected chi connectivity index (χ4v) is 12.3. The molecule has 1 N–H and O–H groups in total. The Morgan fingerprint density at radius 2 is 1.01 bits per heavy atom. The third-order valence-electron chi connectivity index (χ3n) is 17.2. The van der Waals surface area contributed by atoms with Gasteiger partial charge in [-0.2, -0.15) is 0 Å². The van der Waals surface area contributed by atoms with E-state index in [-0.39, 0.29) is 45.7 Å². The van der Waals surface area contributed by atoms with Gasteiger partial charge in [-0.25, -0.2) is 19.2 Å². The molecule has 0 spiro atoms. The lowest BCUT2D eigenvalue weighted by Gasteiger charge is -2.49. The van der Waals surface area contributed by atoms with Crippen molar-refractivity contribution in [2.75, 3.05) is 21.2 Å². The molecule has 0 radical (unpaired) electrons. The molecule has 7 rings (SSSR count). The molecule has 3 aliphatic rings. The minimum atomic E-state index is -2.28. The number of nitrogens with zero attached hydrogens (tertiary/aromatic N) is 1. The number of cyclic esters (lactones) is 2. The van der Waals surface area contributed by atoms with Crippen LogP contribution in [0.15, 0.2) is 121 Å². The van der Waals surface area contributed by atoms with Crippen molar-refractivity contribution < 1.29 is 105 Å². The molecule has 0 saturated carbocycles. The molecule has 18 atom stereocenters. The third-order valence-corrected chi connectivity index (χ3v) is 17.2. The second kappa shape index (κ2) is 32.9. The number of benzene rings is 4. The smallest absolute Gasteiger partial charge is 0.462 e. The number of carbonyl (C=O) groups is 6. The van der Waals surface area contributed by atoms with Gasteiger partial charge in [0, 0.05) is 25.9 Å². The summed E-state index contributed by atoms with van der Waals surface area (Å²) in [6, 6.07) is 35.0. The fraction of sp³-hybridized carbons (Fsp3) is 0.565. The summed E-state index contributed by atoms with van der Waals surface area (Å²) in [7, 11) is 5.05. The largest absolute Gasteiger partial charge is 0.509 e. The topological polar surface area (TPSA) is 264 Å². The maximum Gasteiger partial charge on any atom is 0.509 e. The first-order chi connectivity index (χ1) is 43.7. The van der Waals surface area contributed by atoms with E-state index in [1.807, 2.05) is 36.1 Å². The van der Waals surface area contributed by atoms with Crippen LogP contribution in [0.5, 0.6) is 0 Å². The fourth-order valence-electron chi connectivity index (χ4n) is 12.3. The normalized spacial score (nSPS) is 32.2. The van der Waals surface area contributed by atoms with Crippen LogP contribution in [0.1, 0.15) is 117 Å². The molecule has 3 aliphatic heterocycles. The third kappa shape index (κ3) is 19.4. The second-order valence-electron chi connectivity index (χ2n) is 24.9. The van der Waals surface area contributed by atoms with Gasteiger partial charge in [0.1, 0.15) is 44.2 Å². The number of hydrogen-bond acceptors (Lipinski definition) is 23. The van der Waals surface area contributed by atoms with Crippen molar-refractivity contribution in [2.45, 2.75) is 212 Å². The standard InChI is InChI=1S/C69H91NO22/c1-14-53-69(10,92-66(76)82-41-51-33-25-18-26-34-51)58(90-64(74)80-39-49-29-21-16-22-30-49)46(6)61(72)83-43(3)36-67(8,77)57(89-62-56(52(70(11)12)35-42(2)84-62)88-63(73)79-38-48-27-19-15-20-28-48)44(4)55(45(5)60(71)86-53)87-54-37-68(9,78-13)59(47(7)85-54)91-65(75)81-40-50-31-23-17-24-32-50/h15-34,42-47,52-59,62,77H,14,35-41H2,1-13H3/t42-,43-,44+,45-,46-,47+,52+,53-,54+,55+,56-,57?,58-,59+,62+,67-,68-,69-/m1/s1. The molecule has 92 heavy (non-hydrogen) atoms. The molecule has 4 aromatic carbocycles. The van der Waals surface area contributed by atoms with E-state index in [0.717, 1.165) is 5.56 Å². The zero-order valence-electron chi connectivity index (χ0n) is 54.8. The number of hydrogen-bond donors (Lipinski definition) is 1. The maximum atomic E-state index is 15.6. The number of esters is 2. The quantitative estimate of drug-likeness (QED) is 0.0675. The lowest BCUT2D eigenvalue weighted by atomic mass is 9.79. The van der Waals surface area contributed by atoms with E-state index in [1.165, 1.54) is 41.7 Å². The van der Waals surface area contributed by atoms with Crippen molar-refractivity contribution in [3.63, 3.8) is 0 Å². The molecule has 0 aliphatic carbocycles. The first kappa shape index (κ1) is 72.1. The van der Waals surface area contributed by atoms with Crippen LogP contribution in [0, 0.1) is 17.8 Å². The molecule has 4 aromatic rings. The van der Waals surface area contributed by atoms with Crippen molar-refractivity contribution in [1.82, 2.24) is 4.90 Å². The first-order valence-electron chi connectivity index (χ1n) is 31.2. The number of ether oxygens (including phenoxy) is 15. The highest BCUT2D eigenvalue weighted by atomic mass is 16.8. The van der Waals surface area contributed by atoms with Crippen molar-refractivity contribution in [2.24, 2.45) is 17.8 Å². The van der Waals surface area contributed by atoms with Gasteiger partial charge in [0.15, 0.2) is 36.5 Å². The summed E-state index contributed by atoms with van der Waals surface area (Å²) in [5.41, 5.74) is -3.06. The lowest BCUT2D eigenvalue weighted by molar-refractivity contribution is -0.319. The van der Waals surface area contributed by atoms with Crippen LogP contribution in [-0.2, 0) is 107 Å². The zero-order chi connectivity index (χ0) is 66.9. The Hall–Kier alpha value is -7.38. The van der Waals surface area contributed by atoms with Crippen molar-refractivity contribution in [1.29, 1.82) is 0 Å². The molecule has 3 heterocycles. The van der Waals surface area contributed by atoms with Gasteiger partial charge < -0.3 is 81.1 Å². The van der Waals surface area contributed by atoms with Crippen LogP contribution < -0.4 is 0 Å². The van der Waals surface area contributed by atoms with E-state index < -0.39 is 145 Å². The number of rotatable bonds is 19. The molecule has 0 amide bonds. The summed E-state index contributed by atoms with van der Waals surface area (Å²) in [4.78, 5) is 87.7. The monoisotopic (exact) mass is 1290 g/mol. The van der Waals surface area contributed by atoms with E-state index in [1.54, 1.807) is 139 Å². The van der Waals surface area contributed by atoms with E-state index >= 15 is 4.79 Å². The van der Waals surface area contributed by atoms with Crippen LogP contribution in [0.3, 0.4) is 0 Å². The SMILES string of the molecule is CC[C@H]1OC(=O)[C@H](C)[C@@H](O[C@H]2C[C@@](C)(OC)[C@@H](OC(=O)OCc3ccccc3)[C@H](C)O2)[C@H](C)C(O[C@@H]2O[C@H](C)C[C@H](N(C)C)[C@H]2OC(=O)OCc2ccccc2)[C@](C)(O)C[C@@H](C)OC(=O)[C@H](C)[C@@H](OC(=O)OCc2ccccc2)[C@]1(C)OC(=O)OCc1ccccc1. The summed E-state index contributed by atoms with van der Waals surface area (Å²) in [5, 5.41) is 13.3. The highest BCUT2D eigenvalue weighted by Gasteiger charge is 2.57. The van der Waals surface area contributed by atoms with E-state index in [2.05, 4.69) is 0 Å². The number of aliphatic hydroxyl groups is 1. The molecular weight excluding hydrogens is 1190 g/mol. The minimum absolute atomic E-state index is 0.0683. The zero-order valence-corrected chi connectivity index (χ0v) is 54.8. The average Bonchev–Trinajstić information content (AvgIpc) is 0.996. The van der Waals surface area contributed by atoms with Gasteiger partial charge >= 0.3 is 36.6 Å². The van der Waals surface area contributed by atoms with Crippen molar-refractivity contribution >= 4 is 36.6 Å². The summed E-state index contributed by atoms with van der Waals surface area (Å²) >= 11 is 0. The average molecular weight is 1290 g/mol. The second-order valence-corrected chi connectivity index (χ2v) is 24.9. The number of methoxy groups -OCH3 is 1. The predicted molar refractivity (Wildman–Crippen MR) is 330 cm³/mol. The Balaban J connectivity index is 1.30. The van der Waals surface area contributed by atoms with E-state index in [9.17, 15) is 29.1 Å². The molecule has 0 aromatic heterocycles. The molecule has 3 fully saturated rings. The van der Waals surface area contributed by atoms with E-state index in [0.29, 0.717) is 23.1 Å². The Kier molecular flexibility index (Phi) is 25.8. The van der Waals surface area contributed by atoms with Crippen molar-refractivity contribution in [3.8, 4) is 0 Å². The van der Waals surface area contributed by atoms with Gasteiger partial charge in [-0.05, 0) is 105 Å². The highest BCUT2D eigenvalue weighted by molar-refractivity contribution is 5.75. The van der Waals surface area contributed by atoms with E-state index in [4.69, 9.17) is 71.1 Å². The minimum Gasteiger partial charge on any atom is -0.462 e. The Bertz CT molecular complexity index is 2990. The van der Waals surface area contributed by atoms with Gasteiger partial charge in [-0.1, -0.05) is 135 Å². The number of likely N-dealkylation sites (N-methyl/N-ethyl adjacent to an activating group) is 1. The molecule has 23 nitrogen and oxygen atoms in total. The molecule has 504 valence electrons. The molecule has 23 heteroatoms. The molecule has 1 unspecified atom stereocenters. The first-order valence-corrected chi connectivity index (χ1v) is 31.2. The maximum absolute atomic E-state index is 15.6. The predicted octanol–water partition coefficient (Wildman–Crippen LogP) is 11.0. The highest BCUT2D eigenvalue weighted by Crippen LogP contribution is 2.42. The Morgan fingerprint density at radius 1 is 0.554 bits per heavy atom. The Morgan fingerprint density at radius 3 is 1.48 bits per heavy atom. The van der Waals surface area contributed by atoms with Crippen molar-refractivity contribution in [3.05, 3.63) is 144 Å². The van der Waals surface area contributed by atoms with Crippen LogP contribution >= 0.6 is 0 Å². The van der Waals surface area contributed by atoms with Gasteiger partial charge in [-0.15, -0.1) is 0 Å². The van der Waals surface area contributed by atoms with Crippen LogP contribution in [0.4, 0.5) is 19.2 Å². The van der Waals surface area contributed by atoms with Gasteiger partial charge in [0.25, 0.3) is 0 Å². The molecule has 3 saturated heterocycles. The summed E-state index contributed by atoms with van der Waals surface area (Å²) in [6.45, 7) is 15.0. The van der Waals surface area contributed by atoms with Gasteiger partial charge in [0.05, 0.1) is 47.9 Å². The van der Waals surface area contributed by atoms with Crippen LogP contribution in [0.25, 0.3) is 0 Å².